The van der Waals surface area contributed by atoms with Gasteiger partial charge in [0.2, 0.25) is 5.91 Å². The molecular formula is C24H34N4O3. The summed E-state index contributed by atoms with van der Waals surface area (Å²) in [7, 11) is 0. The molecule has 1 aromatic carbocycles. The van der Waals surface area contributed by atoms with Gasteiger partial charge in [-0.1, -0.05) is 19.9 Å². The third kappa shape index (κ3) is 4.69. The molecule has 1 aromatic rings. The van der Waals surface area contributed by atoms with E-state index < -0.39 is 5.60 Å². The number of nitriles is 1. The second kappa shape index (κ2) is 8.16. The van der Waals surface area contributed by atoms with Gasteiger partial charge in [-0.2, -0.15) is 5.26 Å². The van der Waals surface area contributed by atoms with Crippen LogP contribution >= 0.6 is 0 Å². The average molecular weight is 427 g/mol. The maximum absolute atomic E-state index is 13.5. The number of carbonyl (C=O) groups excluding carboxylic acids is 2. The van der Waals surface area contributed by atoms with Gasteiger partial charge in [-0.05, 0) is 52.3 Å². The van der Waals surface area contributed by atoms with Crippen LogP contribution in [0.3, 0.4) is 0 Å². The zero-order valence-electron chi connectivity index (χ0n) is 19.7. The van der Waals surface area contributed by atoms with Crippen LogP contribution in [0, 0.1) is 11.3 Å². The first-order chi connectivity index (χ1) is 14.3. The van der Waals surface area contributed by atoms with Crippen LogP contribution in [-0.2, 0) is 14.9 Å². The van der Waals surface area contributed by atoms with Gasteiger partial charge >= 0.3 is 6.09 Å². The molecule has 0 aromatic heterocycles. The van der Waals surface area contributed by atoms with E-state index in [1.165, 1.54) is 0 Å². The third-order valence-electron chi connectivity index (χ3n) is 6.16. The lowest BCUT2D eigenvalue weighted by Crippen LogP contribution is -2.59. The minimum Gasteiger partial charge on any atom is -0.444 e. The molecule has 2 heterocycles. The normalized spacial score (nSPS) is 21.9. The highest BCUT2D eigenvalue weighted by atomic mass is 16.6. The molecule has 168 valence electrons. The van der Waals surface area contributed by atoms with Gasteiger partial charge in [0, 0.05) is 43.3 Å². The summed E-state index contributed by atoms with van der Waals surface area (Å²) in [5.74, 6) is 0.0276. The van der Waals surface area contributed by atoms with Gasteiger partial charge in [0.1, 0.15) is 5.60 Å². The summed E-state index contributed by atoms with van der Waals surface area (Å²) in [5.41, 5.74) is 1.79. The Morgan fingerprint density at radius 3 is 2.52 bits per heavy atom. The molecule has 3 rings (SSSR count). The maximum atomic E-state index is 13.5. The van der Waals surface area contributed by atoms with Crippen molar-refractivity contribution in [3.8, 4) is 6.07 Å². The molecule has 2 amide bonds. The first-order valence-electron chi connectivity index (χ1n) is 10.9. The van der Waals surface area contributed by atoms with Crippen molar-refractivity contribution in [2.24, 2.45) is 0 Å². The van der Waals surface area contributed by atoms with E-state index >= 15 is 0 Å². The molecule has 7 nitrogen and oxygen atoms in total. The average Bonchev–Trinajstić information content (AvgIpc) is 2.95. The van der Waals surface area contributed by atoms with Crippen LogP contribution in [0.4, 0.5) is 10.5 Å². The summed E-state index contributed by atoms with van der Waals surface area (Å²) in [5, 5.41) is 9.30. The third-order valence-corrected chi connectivity index (χ3v) is 6.16. The fourth-order valence-corrected chi connectivity index (χ4v) is 4.47. The topological polar surface area (TPSA) is 76.9 Å². The van der Waals surface area contributed by atoms with E-state index in [4.69, 9.17) is 4.74 Å². The molecule has 0 N–H and O–H groups in total. The van der Waals surface area contributed by atoms with Crippen molar-refractivity contribution < 1.29 is 14.3 Å². The van der Waals surface area contributed by atoms with Crippen LogP contribution in [-0.4, -0.2) is 65.7 Å². The van der Waals surface area contributed by atoms with Crippen LogP contribution in [0.2, 0.25) is 0 Å². The Morgan fingerprint density at radius 1 is 1.26 bits per heavy atom. The Morgan fingerprint density at radius 2 is 1.94 bits per heavy atom. The Bertz CT molecular complexity index is 912. The molecule has 2 atom stereocenters. The van der Waals surface area contributed by atoms with Crippen molar-refractivity contribution >= 4 is 17.7 Å². The minimum atomic E-state index is -0.532. The lowest BCUT2D eigenvalue weighted by Gasteiger charge is -2.42. The number of nitrogens with zero attached hydrogens (tertiary/aromatic N) is 4. The molecular weight excluding hydrogens is 392 g/mol. The molecule has 0 bridgehead atoms. The van der Waals surface area contributed by atoms with Gasteiger partial charge in [-0.25, -0.2) is 4.79 Å². The number of hydrogen-bond acceptors (Lipinski definition) is 5. The van der Waals surface area contributed by atoms with Crippen LogP contribution in [0.5, 0.6) is 0 Å². The van der Waals surface area contributed by atoms with E-state index in [-0.39, 0.29) is 29.5 Å². The molecule has 7 heteroatoms. The van der Waals surface area contributed by atoms with Gasteiger partial charge in [0.25, 0.3) is 0 Å². The summed E-state index contributed by atoms with van der Waals surface area (Å²) in [6.07, 6.45) is -0.308. The number of ether oxygens (including phenoxy) is 1. The molecule has 0 radical (unpaired) electrons. The SMILES string of the molecule is CC1CN([C@@H](C)C(=O)N2CC(C)(C)c3ccc(C#N)cc32)CCN1C(=O)OC(C)(C)C. The smallest absolute Gasteiger partial charge is 0.410 e. The lowest BCUT2D eigenvalue weighted by molar-refractivity contribution is -0.124. The molecule has 0 saturated carbocycles. The standard InChI is InChI=1S/C24H34N4O3/c1-16-14-26(10-11-27(16)22(30)31-23(3,4)5)17(2)21(29)28-15-24(6,7)19-9-8-18(13-25)12-20(19)28/h8-9,12,16-17H,10-11,14-15H2,1-7H3/t16?,17-/m0/s1. The highest BCUT2D eigenvalue weighted by Gasteiger charge is 2.41. The van der Waals surface area contributed by atoms with Crippen LogP contribution < -0.4 is 4.90 Å². The Kier molecular flexibility index (Phi) is 6.07. The summed E-state index contributed by atoms with van der Waals surface area (Å²) in [4.78, 5) is 31.7. The Balaban J connectivity index is 1.72. The maximum Gasteiger partial charge on any atom is 0.410 e. The minimum absolute atomic E-state index is 0.0276. The number of hydrogen-bond donors (Lipinski definition) is 0. The number of rotatable bonds is 2. The van der Waals surface area contributed by atoms with E-state index in [9.17, 15) is 14.9 Å². The monoisotopic (exact) mass is 426 g/mol. The molecule has 2 aliphatic rings. The zero-order chi connectivity index (χ0) is 23.1. The fraction of sp³-hybridized carbons (Fsp3) is 0.625. The summed E-state index contributed by atoms with van der Waals surface area (Å²) in [6.45, 7) is 16.1. The second-order valence-electron chi connectivity index (χ2n) is 10.3. The van der Waals surface area contributed by atoms with E-state index in [1.807, 2.05) is 57.7 Å². The van der Waals surface area contributed by atoms with Gasteiger partial charge in [0.15, 0.2) is 0 Å². The highest BCUT2D eigenvalue weighted by Crippen LogP contribution is 2.41. The van der Waals surface area contributed by atoms with Crippen LogP contribution in [0.25, 0.3) is 0 Å². The van der Waals surface area contributed by atoms with Crippen LogP contribution in [0.15, 0.2) is 18.2 Å². The number of benzene rings is 1. The predicted octanol–water partition coefficient (Wildman–Crippen LogP) is 3.51. The number of amides is 2. The van der Waals surface area contributed by atoms with Gasteiger partial charge in [-0.3, -0.25) is 9.69 Å². The van der Waals surface area contributed by atoms with Crippen molar-refractivity contribution in [1.29, 1.82) is 5.26 Å². The second-order valence-corrected chi connectivity index (χ2v) is 10.3. The molecule has 0 spiro atoms. The molecule has 0 aliphatic carbocycles. The highest BCUT2D eigenvalue weighted by molar-refractivity contribution is 5.99. The fourth-order valence-electron chi connectivity index (χ4n) is 4.47. The van der Waals surface area contributed by atoms with E-state index in [1.54, 1.807) is 4.90 Å². The van der Waals surface area contributed by atoms with Crippen molar-refractivity contribution in [1.82, 2.24) is 9.80 Å². The lowest BCUT2D eigenvalue weighted by atomic mass is 9.87. The van der Waals surface area contributed by atoms with Crippen molar-refractivity contribution in [3.05, 3.63) is 29.3 Å². The number of anilines is 1. The zero-order valence-corrected chi connectivity index (χ0v) is 19.7. The first kappa shape index (κ1) is 23.1. The predicted molar refractivity (Wildman–Crippen MR) is 120 cm³/mol. The van der Waals surface area contributed by atoms with Crippen molar-refractivity contribution in [2.75, 3.05) is 31.1 Å². The Labute approximate surface area is 185 Å². The van der Waals surface area contributed by atoms with Gasteiger partial charge in [-0.15, -0.1) is 0 Å². The van der Waals surface area contributed by atoms with Gasteiger partial charge in [0.05, 0.1) is 17.7 Å². The number of piperazine rings is 1. The number of carbonyl (C=O) groups is 2. The molecule has 1 fully saturated rings. The summed E-state index contributed by atoms with van der Waals surface area (Å²) >= 11 is 0. The van der Waals surface area contributed by atoms with E-state index in [0.717, 1.165) is 11.3 Å². The molecule has 31 heavy (non-hydrogen) atoms. The van der Waals surface area contributed by atoms with E-state index in [0.29, 0.717) is 31.7 Å². The van der Waals surface area contributed by atoms with Gasteiger partial charge < -0.3 is 14.5 Å². The summed E-state index contributed by atoms with van der Waals surface area (Å²) in [6, 6.07) is 7.40. The van der Waals surface area contributed by atoms with Crippen molar-refractivity contribution in [2.45, 2.75) is 71.6 Å². The largest absolute Gasteiger partial charge is 0.444 e. The first-order valence-corrected chi connectivity index (χ1v) is 10.9. The number of fused-ring (bicyclic) bond motifs is 1. The van der Waals surface area contributed by atoms with Crippen LogP contribution in [0.1, 0.15) is 59.6 Å². The molecule has 2 aliphatic heterocycles. The molecule has 1 unspecified atom stereocenters. The Hall–Kier alpha value is -2.59. The quantitative estimate of drug-likeness (QED) is 0.723. The summed E-state index contributed by atoms with van der Waals surface area (Å²) < 4.78 is 5.52. The van der Waals surface area contributed by atoms with E-state index in [2.05, 4.69) is 24.8 Å². The molecule has 1 saturated heterocycles. The van der Waals surface area contributed by atoms with Crippen molar-refractivity contribution in [3.63, 3.8) is 0 Å².